The Balaban J connectivity index is 1.25. The smallest absolute Gasteiger partial charge is 0.273 e. The monoisotopic (exact) mass is 493 g/mol. The maximum absolute atomic E-state index is 13.1. The van der Waals surface area contributed by atoms with Crippen LogP contribution in [-0.2, 0) is 16.1 Å². The van der Waals surface area contributed by atoms with Crippen molar-refractivity contribution in [3.05, 3.63) is 41.2 Å². The fraction of sp³-hybridized carbons (Fsp3) is 0.520. The standard InChI is InChI=1S/C25H31N7O4/c1-25(2,30-10-4-3-5-11-30)15-26-22(34)19-14-32(29-28-19)17-7-6-16-13-31(24(36)18(16)12-17)20-8-9-21(33)27-23(20)35/h6-7,12,14,20H,3-5,8-11,13,15H2,1-2H3,(H,26,34)(H,27,33,35). The summed E-state index contributed by atoms with van der Waals surface area (Å²) in [5.74, 6) is -1.32. The maximum atomic E-state index is 13.1. The van der Waals surface area contributed by atoms with Gasteiger partial charge in [-0.3, -0.25) is 29.4 Å². The molecule has 2 fully saturated rings. The third kappa shape index (κ3) is 4.62. The molecule has 11 nitrogen and oxygen atoms in total. The van der Waals surface area contributed by atoms with Crippen LogP contribution in [0.5, 0.6) is 0 Å². The number of hydrogen-bond donors (Lipinski definition) is 2. The fourth-order valence-corrected chi connectivity index (χ4v) is 5.18. The summed E-state index contributed by atoms with van der Waals surface area (Å²) in [5, 5.41) is 13.4. The van der Waals surface area contributed by atoms with Gasteiger partial charge in [0, 0.05) is 30.6 Å². The molecule has 3 aliphatic heterocycles. The Labute approximate surface area is 209 Å². The number of aromatic nitrogens is 3. The molecule has 3 aliphatic rings. The molecule has 0 spiro atoms. The molecular formula is C25H31N7O4. The fourth-order valence-electron chi connectivity index (χ4n) is 5.18. The molecule has 1 unspecified atom stereocenters. The first-order valence-electron chi connectivity index (χ1n) is 12.5. The third-order valence-electron chi connectivity index (χ3n) is 7.40. The second-order valence-corrected chi connectivity index (χ2v) is 10.3. The molecule has 1 aromatic heterocycles. The van der Waals surface area contributed by atoms with Crippen LogP contribution in [0.25, 0.3) is 5.69 Å². The molecule has 11 heteroatoms. The first-order chi connectivity index (χ1) is 17.2. The SMILES string of the molecule is CC(C)(CNC(=O)c1cn(-c2ccc3c(c2)C(=O)N(C2CCC(=O)NC2=O)C3)nn1)N1CCCCC1. The van der Waals surface area contributed by atoms with Crippen molar-refractivity contribution in [1.82, 2.24) is 35.4 Å². The first-order valence-corrected chi connectivity index (χ1v) is 12.5. The van der Waals surface area contributed by atoms with Crippen LogP contribution in [0.3, 0.4) is 0 Å². The van der Waals surface area contributed by atoms with Crippen molar-refractivity contribution in [2.75, 3.05) is 19.6 Å². The van der Waals surface area contributed by atoms with Crippen LogP contribution >= 0.6 is 0 Å². The molecule has 1 atom stereocenters. The second kappa shape index (κ2) is 9.45. The van der Waals surface area contributed by atoms with Gasteiger partial charge in [-0.05, 0) is 63.9 Å². The normalized spacial score (nSPS) is 20.9. The molecule has 0 aliphatic carbocycles. The van der Waals surface area contributed by atoms with E-state index >= 15 is 0 Å². The van der Waals surface area contributed by atoms with E-state index in [1.54, 1.807) is 18.3 Å². The van der Waals surface area contributed by atoms with E-state index in [0.717, 1.165) is 18.7 Å². The molecule has 2 saturated heterocycles. The Morgan fingerprint density at radius 3 is 2.69 bits per heavy atom. The predicted octanol–water partition coefficient (Wildman–Crippen LogP) is 1.02. The summed E-state index contributed by atoms with van der Waals surface area (Å²) in [6.45, 7) is 7.15. The summed E-state index contributed by atoms with van der Waals surface area (Å²) in [4.78, 5) is 53.5. The molecule has 1 aromatic carbocycles. The summed E-state index contributed by atoms with van der Waals surface area (Å²) >= 11 is 0. The zero-order valence-electron chi connectivity index (χ0n) is 20.6. The minimum atomic E-state index is -0.665. The van der Waals surface area contributed by atoms with Crippen LogP contribution in [0.2, 0.25) is 0 Å². The highest BCUT2D eigenvalue weighted by Gasteiger charge is 2.39. The van der Waals surface area contributed by atoms with Crippen molar-refractivity contribution in [2.45, 2.75) is 64.1 Å². The van der Waals surface area contributed by atoms with Gasteiger partial charge >= 0.3 is 0 Å². The number of imide groups is 1. The van der Waals surface area contributed by atoms with Gasteiger partial charge in [0.15, 0.2) is 5.69 Å². The van der Waals surface area contributed by atoms with Gasteiger partial charge in [-0.2, -0.15) is 0 Å². The molecule has 0 bridgehead atoms. The van der Waals surface area contributed by atoms with E-state index < -0.39 is 11.9 Å². The number of amides is 4. The van der Waals surface area contributed by atoms with Gasteiger partial charge in [0.1, 0.15) is 6.04 Å². The highest BCUT2D eigenvalue weighted by atomic mass is 16.2. The van der Waals surface area contributed by atoms with Gasteiger partial charge in [0.05, 0.1) is 11.9 Å². The van der Waals surface area contributed by atoms with E-state index in [0.29, 0.717) is 30.8 Å². The molecule has 0 radical (unpaired) electrons. The highest BCUT2D eigenvalue weighted by Crippen LogP contribution is 2.29. The number of fused-ring (bicyclic) bond motifs is 1. The molecule has 190 valence electrons. The lowest BCUT2D eigenvalue weighted by Gasteiger charge is -2.41. The van der Waals surface area contributed by atoms with Gasteiger partial charge in [0.25, 0.3) is 11.8 Å². The molecule has 2 aromatic rings. The van der Waals surface area contributed by atoms with Crippen LogP contribution < -0.4 is 10.6 Å². The number of rotatable bonds is 6. The Kier molecular flexibility index (Phi) is 6.33. The van der Waals surface area contributed by atoms with Crippen molar-refractivity contribution in [1.29, 1.82) is 0 Å². The number of benzene rings is 1. The Morgan fingerprint density at radius 2 is 1.94 bits per heavy atom. The van der Waals surface area contributed by atoms with E-state index in [2.05, 4.69) is 39.7 Å². The molecule has 36 heavy (non-hydrogen) atoms. The third-order valence-corrected chi connectivity index (χ3v) is 7.40. The minimum Gasteiger partial charge on any atom is -0.349 e. The molecule has 5 rings (SSSR count). The zero-order chi connectivity index (χ0) is 25.4. The van der Waals surface area contributed by atoms with E-state index in [1.807, 2.05) is 6.07 Å². The predicted molar refractivity (Wildman–Crippen MR) is 129 cm³/mol. The lowest BCUT2D eigenvalue weighted by Crippen LogP contribution is -2.53. The van der Waals surface area contributed by atoms with Crippen molar-refractivity contribution in [3.63, 3.8) is 0 Å². The van der Waals surface area contributed by atoms with Crippen LogP contribution in [0.4, 0.5) is 0 Å². The summed E-state index contributed by atoms with van der Waals surface area (Å²) in [6, 6.07) is 4.65. The van der Waals surface area contributed by atoms with Gasteiger partial charge in [-0.25, -0.2) is 4.68 Å². The lowest BCUT2D eigenvalue weighted by molar-refractivity contribution is -0.136. The van der Waals surface area contributed by atoms with Gasteiger partial charge in [-0.1, -0.05) is 17.7 Å². The summed E-state index contributed by atoms with van der Waals surface area (Å²) in [5.41, 5.74) is 1.91. The van der Waals surface area contributed by atoms with Crippen molar-refractivity contribution in [3.8, 4) is 5.69 Å². The number of carbonyl (C=O) groups is 4. The Bertz CT molecular complexity index is 1210. The average molecular weight is 494 g/mol. The van der Waals surface area contributed by atoms with Crippen LogP contribution in [-0.4, -0.2) is 79.6 Å². The van der Waals surface area contributed by atoms with Gasteiger partial charge in [0.2, 0.25) is 11.8 Å². The molecular weight excluding hydrogens is 462 g/mol. The largest absolute Gasteiger partial charge is 0.349 e. The zero-order valence-corrected chi connectivity index (χ0v) is 20.6. The van der Waals surface area contributed by atoms with E-state index in [-0.39, 0.29) is 35.4 Å². The number of nitrogens with one attached hydrogen (secondary N) is 2. The maximum Gasteiger partial charge on any atom is 0.273 e. The minimum absolute atomic E-state index is 0.152. The summed E-state index contributed by atoms with van der Waals surface area (Å²) in [6.07, 6.45) is 5.68. The quantitative estimate of drug-likeness (QED) is 0.575. The molecule has 4 heterocycles. The number of carbonyl (C=O) groups excluding carboxylic acids is 4. The van der Waals surface area contributed by atoms with Crippen LogP contribution in [0.1, 0.15) is 72.4 Å². The van der Waals surface area contributed by atoms with Gasteiger partial charge in [-0.15, -0.1) is 5.10 Å². The van der Waals surface area contributed by atoms with Crippen molar-refractivity contribution in [2.24, 2.45) is 0 Å². The van der Waals surface area contributed by atoms with E-state index in [1.165, 1.54) is 28.8 Å². The number of piperidine rings is 2. The topological polar surface area (TPSA) is 130 Å². The molecule has 2 N–H and O–H groups in total. The number of hydrogen-bond acceptors (Lipinski definition) is 7. The van der Waals surface area contributed by atoms with Crippen molar-refractivity contribution >= 4 is 23.6 Å². The summed E-state index contributed by atoms with van der Waals surface area (Å²) in [7, 11) is 0. The first kappa shape index (κ1) is 24.1. The average Bonchev–Trinajstić information content (AvgIpc) is 3.48. The second-order valence-electron chi connectivity index (χ2n) is 10.3. The Hall–Kier alpha value is -3.60. The molecule has 4 amide bonds. The number of likely N-dealkylation sites (tertiary alicyclic amines) is 1. The van der Waals surface area contributed by atoms with E-state index in [9.17, 15) is 19.2 Å². The molecule has 0 saturated carbocycles. The number of nitrogens with zero attached hydrogens (tertiary/aromatic N) is 5. The highest BCUT2D eigenvalue weighted by molar-refractivity contribution is 6.05. The lowest BCUT2D eigenvalue weighted by atomic mass is 9.98. The Morgan fingerprint density at radius 1 is 1.17 bits per heavy atom. The summed E-state index contributed by atoms with van der Waals surface area (Å²) < 4.78 is 1.47. The van der Waals surface area contributed by atoms with Gasteiger partial charge < -0.3 is 10.2 Å². The van der Waals surface area contributed by atoms with Crippen molar-refractivity contribution < 1.29 is 19.2 Å². The van der Waals surface area contributed by atoms with Crippen LogP contribution in [0.15, 0.2) is 24.4 Å². The van der Waals surface area contributed by atoms with E-state index in [4.69, 9.17) is 0 Å². The van der Waals surface area contributed by atoms with Crippen LogP contribution in [0, 0.1) is 0 Å².